The largest absolute Gasteiger partial charge is 0.466 e. The number of esters is 1. The Balaban J connectivity index is 2.03. The van der Waals surface area contributed by atoms with Crippen molar-refractivity contribution in [1.29, 1.82) is 0 Å². The van der Waals surface area contributed by atoms with Gasteiger partial charge in [-0.25, -0.2) is 0 Å². The summed E-state index contributed by atoms with van der Waals surface area (Å²) < 4.78 is 71.7. The maximum absolute atomic E-state index is 12.5. The average molecular weight is 366 g/mol. The number of halogens is 3. The molecular weight excluding hydrogens is 349 g/mol. The molecule has 24 heavy (non-hydrogen) atoms. The van der Waals surface area contributed by atoms with Crippen LogP contribution in [0.15, 0.2) is 29.2 Å². The van der Waals surface area contributed by atoms with E-state index in [-0.39, 0.29) is 17.9 Å². The molecule has 9 heteroatoms. The number of carbonyl (C=O) groups is 1. The van der Waals surface area contributed by atoms with Crippen LogP contribution in [0.4, 0.5) is 13.2 Å². The number of hydrogen-bond donors (Lipinski definition) is 0. The van der Waals surface area contributed by atoms with Crippen LogP contribution in [0.3, 0.4) is 0 Å². The zero-order valence-corrected chi connectivity index (χ0v) is 13.7. The minimum atomic E-state index is -4.54. The zero-order valence-electron chi connectivity index (χ0n) is 12.9. The van der Waals surface area contributed by atoms with E-state index >= 15 is 0 Å². The number of rotatable bonds is 5. The van der Waals surface area contributed by atoms with Crippen molar-refractivity contribution in [2.75, 3.05) is 6.61 Å². The first-order valence-corrected chi connectivity index (χ1v) is 8.81. The summed E-state index contributed by atoms with van der Waals surface area (Å²) in [6.45, 7) is 1.92. The molecule has 2 rings (SSSR count). The van der Waals surface area contributed by atoms with Crippen LogP contribution in [0, 0.1) is 5.92 Å². The molecule has 2 unspecified atom stereocenters. The lowest BCUT2D eigenvalue weighted by Gasteiger charge is -2.13. The van der Waals surface area contributed by atoms with Crippen LogP contribution in [-0.2, 0) is 30.0 Å². The number of carbonyl (C=O) groups excluding carboxylic acids is 1. The van der Waals surface area contributed by atoms with Crippen molar-refractivity contribution >= 4 is 16.1 Å². The van der Waals surface area contributed by atoms with Gasteiger partial charge in [-0.1, -0.05) is 0 Å². The molecule has 0 bridgehead atoms. The summed E-state index contributed by atoms with van der Waals surface area (Å²) in [4.78, 5) is 11.3. The second kappa shape index (κ2) is 7.10. The predicted octanol–water partition coefficient (Wildman–Crippen LogP) is 3.14. The van der Waals surface area contributed by atoms with Gasteiger partial charge < -0.3 is 4.74 Å². The Bertz CT molecular complexity index is 682. The van der Waals surface area contributed by atoms with Gasteiger partial charge in [-0.3, -0.25) is 8.98 Å². The molecule has 5 nitrogen and oxygen atoms in total. The number of ether oxygens (including phenoxy) is 1. The van der Waals surface area contributed by atoms with Gasteiger partial charge in [0, 0.05) is 0 Å². The van der Waals surface area contributed by atoms with Gasteiger partial charge in [0.1, 0.15) is 0 Å². The number of benzene rings is 1. The minimum absolute atomic E-state index is 0.207. The summed E-state index contributed by atoms with van der Waals surface area (Å²) in [5.74, 6) is -0.812. The van der Waals surface area contributed by atoms with E-state index in [2.05, 4.69) is 0 Å². The molecule has 1 aliphatic rings. The predicted molar refractivity (Wildman–Crippen MR) is 77.5 cm³/mol. The highest BCUT2D eigenvalue weighted by Gasteiger charge is 2.35. The lowest BCUT2D eigenvalue weighted by atomic mass is 10.1. The Kier molecular flexibility index (Phi) is 5.54. The van der Waals surface area contributed by atoms with E-state index in [1.807, 2.05) is 0 Å². The van der Waals surface area contributed by atoms with Crippen molar-refractivity contribution in [3.05, 3.63) is 29.8 Å². The smallest absolute Gasteiger partial charge is 0.416 e. The van der Waals surface area contributed by atoms with Crippen LogP contribution in [0.5, 0.6) is 0 Å². The standard InChI is InChI=1S/C15H17F3O5S/c1-2-22-14(19)10-3-6-12(9-10)23-24(20,21)13-7-4-11(5-8-13)15(16,17)18/h4-5,7-8,10,12H,2-3,6,9H2,1H3. The van der Waals surface area contributed by atoms with Crippen LogP contribution >= 0.6 is 0 Å². The minimum Gasteiger partial charge on any atom is -0.466 e. The van der Waals surface area contributed by atoms with Crippen LogP contribution < -0.4 is 0 Å². The molecule has 0 heterocycles. The second-order valence-corrected chi connectivity index (χ2v) is 7.03. The van der Waals surface area contributed by atoms with Gasteiger partial charge in [0.15, 0.2) is 0 Å². The van der Waals surface area contributed by atoms with Gasteiger partial charge in [0.05, 0.1) is 29.1 Å². The third-order valence-corrected chi connectivity index (χ3v) is 5.11. The van der Waals surface area contributed by atoms with E-state index in [0.717, 1.165) is 12.1 Å². The Morgan fingerprint density at radius 3 is 2.38 bits per heavy atom. The van der Waals surface area contributed by atoms with Gasteiger partial charge >= 0.3 is 12.1 Å². The Hall–Kier alpha value is -1.61. The van der Waals surface area contributed by atoms with Crippen LogP contribution in [0.1, 0.15) is 31.7 Å². The molecule has 0 saturated heterocycles. The lowest BCUT2D eigenvalue weighted by Crippen LogP contribution is -2.19. The molecule has 1 aromatic carbocycles. The van der Waals surface area contributed by atoms with E-state index in [1.54, 1.807) is 6.92 Å². The van der Waals surface area contributed by atoms with Crippen LogP contribution in [0.25, 0.3) is 0 Å². The van der Waals surface area contributed by atoms with Crippen LogP contribution in [-0.4, -0.2) is 27.1 Å². The average Bonchev–Trinajstić information content (AvgIpc) is 2.94. The quantitative estimate of drug-likeness (QED) is 0.591. The van der Waals surface area contributed by atoms with Crippen LogP contribution in [0.2, 0.25) is 0 Å². The lowest BCUT2D eigenvalue weighted by molar-refractivity contribution is -0.148. The van der Waals surface area contributed by atoms with E-state index in [4.69, 9.17) is 8.92 Å². The number of hydrogen-bond acceptors (Lipinski definition) is 5. The van der Waals surface area contributed by atoms with Crippen molar-refractivity contribution in [1.82, 2.24) is 0 Å². The molecular formula is C15H17F3O5S. The summed E-state index contributed by atoms with van der Waals surface area (Å²) in [6.07, 6.45) is -4.21. The fourth-order valence-corrected chi connectivity index (χ4v) is 3.66. The normalized spacial score (nSPS) is 21.7. The van der Waals surface area contributed by atoms with Gasteiger partial charge in [0.25, 0.3) is 10.1 Å². The summed E-state index contributed by atoms with van der Waals surface area (Å²) in [5, 5.41) is 0. The zero-order chi connectivity index (χ0) is 18.0. The maximum Gasteiger partial charge on any atom is 0.416 e. The van der Waals surface area contributed by atoms with E-state index in [1.165, 1.54) is 0 Å². The molecule has 134 valence electrons. The van der Waals surface area contributed by atoms with Gasteiger partial charge in [-0.15, -0.1) is 0 Å². The first-order chi connectivity index (χ1) is 11.1. The fourth-order valence-electron chi connectivity index (χ4n) is 2.55. The molecule has 1 fully saturated rings. The molecule has 0 N–H and O–H groups in total. The van der Waals surface area contributed by atoms with Crippen molar-refractivity contribution in [3.8, 4) is 0 Å². The highest BCUT2D eigenvalue weighted by Crippen LogP contribution is 2.33. The van der Waals surface area contributed by atoms with Gasteiger partial charge in [-0.05, 0) is 50.5 Å². The topological polar surface area (TPSA) is 69.7 Å². The molecule has 0 radical (unpaired) electrons. The molecule has 0 aliphatic heterocycles. The molecule has 0 aromatic heterocycles. The Morgan fingerprint density at radius 1 is 1.21 bits per heavy atom. The first kappa shape index (κ1) is 18.7. The monoisotopic (exact) mass is 366 g/mol. The number of alkyl halides is 3. The van der Waals surface area contributed by atoms with Gasteiger partial charge in [-0.2, -0.15) is 21.6 Å². The second-order valence-electron chi connectivity index (χ2n) is 5.46. The van der Waals surface area contributed by atoms with Crippen molar-refractivity contribution < 1.29 is 35.3 Å². The molecule has 0 spiro atoms. The van der Waals surface area contributed by atoms with E-state index in [0.29, 0.717) is 25.0 Å². The third-order valence-electron chi connectivity index (χ3n) is 3.74. The first-order valence-electron chi connectivity index (χ1n) is 7.40. The summed E-state index contributed by atoms with van der Waals surface area (Å²) in [5.41, 5.74) is -0.940. The summed E-state index contributed by atoms with van der Waals surface area (Å²) in [6, 6.07) is 3.09. The molecule has 1 aromatic rings. The Morgan fingerprint density at radius 2 is 1.83 bits per heavy atom. The molecule has 2 atom stereocenters. The Labute approximate surface area is 137 Å². The highest BCUT2D eigenvalue weighted by atomic mass is 32.2. The molecule has 0 amide bonds. The summed E-state index contributed by atoms with van der Waals surface area (Å²) in [7, 11) is -4.19. The molecule has 1 saturated carbocycles. The van der Waals surface area contributed by atoms with Crippen molar-refractivity contribution in [3.63, 3.8) is 0 Å². The third kappa shape index (κ3) is 4.47. The van der Waals surface area contributed by atoms with Crippen molar-refractivity contribution in [2.24, 2.45) is 5.92 Å². The van der Waals surface area contributed by atoms with E-state index in [9.17, 15) is 26.4 Å². The van der Waals surface area contributed by atoms with Gasteiger partial charge in [0.2, 0.25) is 0 Å². The highest BCUT2D eigenvalue weighted by molar-refractivity contribution is 7.86. The molecule has 1 aliphatic carbocycles. The summed E-state index contributed by atoms with van der Waals surface area (Å²) >= 11 is 0. The fraction of sp³-hybridized carbons (Fsp3) is 0.533. The maximum atomic E-state index is 12.5. The van der Waals surface area contributed by atoms with Crippen molar-refractivity contribution in [2.45, 2.75) is 43.4 Å². The SMILES string of the molecule is CCOC(=O)C1CCC(OS(=O)(=O)c2ccc(C(F)(F)F)cc2)C1. The van der Waals surface area contributed by atoms with E-state index < -0.39 is 39.8 Å².